The number of hydrogen-bond acceptors (Lipinski definition) is 3. The highest BCUT2D eigenvalue weighted by molar-refractivity contribution is 6.30. The van der Waals surface area contributed by atoms with E-state index in [1.165, 1.54) is 17.0 Å². The van der Waals surface area contributed by atoms with Gasteiger partial charge in [-0.25, -0.2) is 9.18 Å². The lowest BCUT2D eigenvalue weighted by Crippen LogP contribution is -2.54. The Kier molecular flexibility index (Phi) is 4.49. The second kappa shape index (κ2) is 5.99. The van der Waals surface area contributed by atoms with Crippen LogP contribution in [-0.2, 0) is 14.3 Å². The van der Waals surface area contributed by atoms with Crippen molar-refractivity contribution in [3.63, 3.8) is 0 Å². The molecule has 0 radical (unpaired) electrons. The van der Waals surface area contributed by atoms with E-state index >= 15 is 0 Å². The van der Waals surface area contributed by atoms with Gasteiger partial charge in [0.15, 0.2) is 6.10 Å². The predicted molar refractivity (Wildman–Crippen MR) is 73.5 cm³/mol. The van der Waals surface area contributed by atoms with Crippen LogP contribution < -0.4 is 0 Å². The van der Waals surface area contributed by atoms with Gasteiger partial charge in [0.05, 0.1) is 6.04 Å². The highest BCUT2D eigenvalue weighted by Crippen LogP contribution is 2.33. The number of halogens is 2. The Hall–Kier alpha value is -1.66. The van der Waals surface area contributed by atoms with Crippen molar-refractivity contribution in [3.8, 4) is 0 Å². The van der Waals surface area contributed by atoms with Gasteiger partial charge in [-0.15, -0.1) is 0 Å². The molecule has 0 aliphatic carbocycles. The number of amides is 1. The molecule has 21 heavy (non-hydrogen) atoms. The molecule has 1 aromatic carbocycles. The van der Waals surface area contributed by atoms with Crippen LogP contribution in [0.4, 0.5) is 4.39 Å². The van der Waals surface area contributed by atoms with Gasteiger partial charge in [0, 0.05) is 11.1 Å². The Bertz CT molecular complexity index is 558. The molecule has 1 fully saturated rings. The first-order valence-corrected chi connectivity index (χ1v) is 6.80. The summed E-state index contributed by atoms with van der Waals surface area (Å²) < 4.78 is 18.7. The minimum Gasteiger partial charge on any atom is -0.479 e. The zero-order valence-electron chi connectivity index (χ0n) is 11.5. The molecule has 1 N–H and O–H groups in total. The van der Waals surface area contributed by atoms with Crippen molar-refractivity contribution in [1.29, 1.82) is 0 Å². The maximum Gasteiger partial charge on any atom is 0.335 e. The number of carboxylic acids is 1. The molecule has 0 saturated carbocycles. The van der Waals surface area contributed by atoms with E-state index in [4.69, 9.17) is 16.3 Å². The van der Waals surface area contributed by atoms with Crippen molar-refractivity contribution in [2.24, 2.45) is 0 Å². The number of benzene rings is 1. The van der Waals surface area contributed by atoms with Crippen molar-refractivity contribution >= 4 is 23.5 Å². The molecule has 1 amide bonds. The number of morpholine rings is 1. The fourth-order valence-corrected chi connectivity index (χ4v) is 2.75. The number of carboxylic acid groups (broad SMARTS) is 1. The molecule has 1 saturated heterocycles. The molecule has 114 valence electrons. The Morgan fingerprint density at radius 3 is 2.67 bits per heavy atom. The Balaban J connectivity index is 2.53. The molecule has 5 nitrogen and oxygen atoms in total. The van der Waals surface area contributed by atoms with Crippen LogP contribution in [0.2, 0.25) is 5.02 Å². The van der Waals surface area contributed by atoms with E-state index in [-0.39, 0.29) is 23.6 Å². The van der Waals surface area contributed by atoms with E-state index in [0.29, 0.717) is 5.56 Å². The van der Waals surface area contributed by atoms with Gasteiger partial charge >= 0.3 is 5.97 Å². The summed E-state index contributed by atoms with van der Waals surface area (Å²) in [6.45, 7) is 3.21. The smallest absolute Gasteiger partial charge is 0.335 e. The van der Waals surface area contributed by atoms with Crippen LogP contribution >= 0.6 is 11.6 Å². The Morgan fingerprint density at radius 2 is 2.14 bits per heavy atom. The first kappa shape index (κ1) is 15.7. The zero-order chi connectivity index (χ0) is 15.7. The monoisotopic (exact) mass is 315 g/mol. The van der Waals surface area contributed by atoms with Crippen LogP contribution in [0.25, 0.3) is 0 Å². The summed E-state index contributed by atoms with van der Waals surface area (Å²) in [7, 11) is 0. The molecular formula is C14H15ClFNO4. The van der Waals surface area contributed by atoms with E-state index in [0.717, 1.165) is 6.07 Å². The lowest BCUT2D eigenvalue weighted by molar-refractivity contribution is -0.175. The number of rotatable bonds is 3. The van der Waals surface area contributed by atoms with Crippen LogP contribution in [0.5, 0.6) is 0 Å². The lowest BCUT2D eigenvalue weighted by atomic mass is 9.96. The fourth-order valence-electron chi connectivity index (χ4n) is 2.52. The van der Waals surface area contributed by atoms with Gasteiger partial charge in [0.25, 0.3) is 0 Å². The molecule has 7 heteroatoms. The molecular weight excluding hydrogens is 301 g/mol. The van der Waals surface area contributed by atoms with E-state index in [1.807, 2.05) is 0 Å². The molecule has 1 aliphatic rings. The third-order valence-electron chi connectivity index (χ3n) is 3.29. The van der Waals surface area contributed by atoms with E-state index in [2.05, 4.69) is 0 Å². The maximum atomic E-state index is 13.6. The SMILES string of the molecule is CC(C)N1C(=O)COC(C(=O)O)C1c1cc(F)cc(Cl)c1. The largest absolute Gasteiger partial charge is 0.479 e. The van der Waals surface area contributed by atoms with Crippen LogP contribution in [0, 0.1) is 5.82 Å². The highest BCUT2D eigenvalue weighted by atomic mass is 35.5. The lowest BCUT2D eigenvalue weighted by Gasteiger charge is -2.42. The van der Waals surface area contributed by atoms with E-state index in [1.54, 1.807) is 13.8 Å². The van der Waals surface area contributed by atoms with Crippen molar-refractivity contribution in [1.82, 2.24) is 4.90 Å². The molecule has 1 aliphatic heterocycles. The normalized spacial score (nSPS) is 22.7. The van der Waals surface area contributed by atoms with Gasteiger partial charge < -0.3 is 14.7 Å². The van der Waals surface area contributed by atoms with Gasteiger partial charge in [0.1, 0.15) is 12.4 Å². The number of carbonyl (C=O) groups excluding carboxylic acids is 1. The van der Waals surface area contributed by atoms with Crippen LogP contribution in [0.3, 0.4) is 0 Å². The number of carbonyl (C=O) groups is 2. The number of ether oxygens (including phenoxy) is 1. The van der Waals surface area contributed by atoms with Crippen LogP contribution in [-0.4, -0.2) is 40.6 Å². The summed E-state index contributed by atoms with van der Waals surface area (Å²) in [5, 5.41) is 9.44. The minimum absolute atomic E-state index is 0.135. The second-order valence-electron chi connectivity index (χ2n) is 5.11. The van der Waals surface area contributed by atoms with Gasteiger partial charge in [0.2, 0.25) is 5.91 Å². The molecule has 0 spiro atoms. The average Bonchev–Trinajstić information content (AvgIpc) is 2.36. The quantitative estimate of drug-likeness (QED) is 0.929. The molecule has 2 unspecified atom stereocenters. The van der Waals surface area contributed by atoms with Crippen LogP contribution in [0.1, 0.15) is 25.5 Å². The summed E-state index contributed by atoms with van der Waals surface area (Å²) in [6, 6.07) is 2.56. The molecule has 2 atom stereocenters. The minimum atomic E-state index is -1.26. The van der Waals surface area contributed by atoms with E-state index in [9.17, 15) is 19.1 Å². The molecule has 1 heterocycles. The Labute approximate surface area is 126 Å². The van der Waals surface area contributed by atoms with Crippen molar-refractivity contribution in [2.75, 3.05) is 6.61 Å². The summed E-state index contributed by atoms with van der Waals surface area (Å²) in [4.78, 5) is 24.8. The van der Waals surface area contributed by atoms with Crippen molar-refractivity contribution in [3.05, 3.63) is 34.6 Å². The first-order valence-electron chi connectivity index (χ1n) is 6.43. The van der Waals surface area contributed by atoms with Crippen LogP contribution in [0.15, 0.2) is 18.2 Å². The topological polar surface area (TPSA) is 66.8 Å². The summed E-state index contributed by atoms with van der Waals surface area (Å²) in [5.74, 6) is -2.14. The third kappa shape index (κ3) is 3.16. The maximum absolute atomic E-state index is 13.6. The first-order chi connectivity index (χ1) is 9.81. The molecule has 2 rings (SSSR count). The highest BCUT2D eigenvalue weighted by Gasteiger charge is 2.43. The predicted octanol–water partition coefficient (Wildman–Crippen LogP) is 2.24. The number of hydrogen-bond donors (Lipinski definition) is 1. The zero-order valence-corrected chi connectivity index (χ0v) is 12.3. The molecule has 1 aromatic rings. The van der Waals surface area contributed by atoms with Gasteiger partial charge in [-0.2, -0.15) is 0 Å². The van der Waals surface area contributed by atoms with Gasteiger partial charge in [-0.05, 0) is 37.6 Å². The molecule has 0 bridgehead atoms. The van der Waals surface area contributed by atoms with E-state index < -0.39 is 23.9 Å². The summed E-state index contributed by atoms with van der Waals surface area (Å²) in [5.41, 5.74) is 0.300. The van der Waals surface area contributed by atoms with Gasteiger partial charge in [-0.1, -0.05) is 11.6 Å². The summed E-state index contributed by atoms with van der Waals surface area (Å²) in [6.07, 6.45) is -1.26. The van der Waals surface area contributed by atoms with Gasteiger partial charge in [-0.3, -0.25) is 4.79 Å². The average molecular weight is 316 g/mol. The summed E-state index contributed by atoms with van der Waals surface area (Å²) >= 11 is 5.83. The standard InChI is InChI=1S/C14H15ClFNO4/c1-7(2)17-11(18)6-21-13(14(19)20)12(17)8-3-9(15)5-10(16)4-8/h3-5,7,12-13H,6H2,1-2H3,(H,19,20). The third-order valence-corrected chi connectivity index (χ3v) is 3.51. The van der Waals surface area contributed by atoms with Crippen molar-refractivity contribution < 1.29 is 23.8 Å². The number of nitrogens with zero attached hydrogens (tertiary/aromatic N) is 1. The fraction of sp³-hybridized carbons (Fsp3) is 0.429. The van der Waals surface area contributed by atoms with Crippen molar-refractivity contribution in [2.45, 2.75) is 32.0 Å². The molecule has 0 aromatic heterocycles. The Morgan fingerprint density at radius 1 is 1.48 bits per heavy atom. The number of aliphatic carboxylic acids is 1. The second-order valence-corrected chi connectivity index (χ2v) is 5.55.